The first-order valence-corrected chi connectivity index (χ1v) is 10.7. The summed E-state index contributed by atoms with van der Waals surface area (Å²) in [6.07, 6.45) is 0. The summed E-state index contributed by atoms with van der Waals surface area (Å²) in [5.41, 5.74) is -12.7. The van der Waals surface area contributed by atoms with Crippen LogP contribution in [0.1, 0.15) is 0 Å². The van der Waals surface area contributed by atoms with Crippen LogP contribution in [0.3, 0.4) is 0 Å². The van der Waals surface area contributed by atoms with Gasteiger partial charge in [-0.1, -0.05) is 0 Å². The van der Waals surface area contributed by atoms with Gasteiger partial charge in [-0.3, -0.25) is 0 Å². The zero-order valence-corrected chi connectivity index (χ0v) is 13.5. The molecule has 1 heterocycles. The minimum absolute atomic E-state index is 0.102. The van der Waals surface area contributed by atoms with Crippen LogP contribution in [-0.2, 0) is 40.1 Å². The average Bonchev–Trinajstić information content (AvgIpc) is 2.21. The van der Waals surface area contributed by atoms with Gasteiger partial charge in [0.15, 0.2) is 5.08 Å². The van der Waals surface area contributed by atoms with Gasteiger partial charge in [-0.2, -0.15) is 26.3 Å². The molecule has 0 bridgehead atoms. The van der Waals surface area contributed by atoms with Crippen LogP contribution in [0, 0.1) is 0 Å². The normalized spacial score (nSPS) is 23.9. The lowest BCUT2D eigenvalue weighted by atomic mass is 11.6. The van der Waals surface area contributed by atoms with Crippen LogP contribution in [0.15, 0.2) is 0 Å². The van der Waals surface area contributed by atoms with Crippen LogP contribution in [-0.4, -0.2) is 57.4 Å². The third kappa shape index (κ3) is 3.32. The minimum atomic E-state index is -7.00. The third-order valence-corrected chi connectivity index (χ3v) is 10.3. The molecule has 24 heavy (non-hydrogen) atoms. The number of nitrogens with one attached hydrogen (secondary N) is 1. The summed E-state index contributed by atoms with van der Waals surface area (Å²) in [6.45, 7) is 0. The summed E-state index contributed by atoms with van der Waals surface area (Å²) in [5, 5.41) is -2.70. The third-order valence-electron chi connectivity index (χ3n) is 1.99. The van der Waals surface area contributed by atoms with Gasteiger partial charge >= 0.3 is 31.1 Å². The maximum atomic E-state index is 12.3. The van der Waals surface area contributed by atoms with Crippen LogP contribution in [0.2, 0.25) is 0 Å². The van der Waals surface area contributed by atoms with Gasteiger partial charge in [0, 0.05) is 0 Å². The molecular formula is C3H3F6N3O8S4. The number of halogens is 6. The maximum Gasteiger partial charge on any atom is 0.513 e. The first kappa shape index (κ1) is 21.3. The molecule has 144 valence electrons. The molecule has 0 unspecified atom stereocenters. The number of alkyl halides is 6. The molecule has 0 aromatic rings. The Balaban J connectivity index is 3.67. The van der Waals surface area contributed by atoms with E-state index in [0.29, 0.717) is 0 Å². The number of hydrogen-bond acceptors (Lipinski definition) is 9. The monoisotopic (exact) mass is 451 g/mol. The van der Waals surface area contributed by atoms with E-state index in [0.717, 1.165) is 0 Å². The first-order valence-electron chi connectivity index (χ1n) is 4.63. The topological polar surface area (TPSA) is 155 Å². The molecule has 1 aliphatic rings. The second kappa shape index (κ2) is 5.38. The molecule has 0 saturated carbocycles. The summed E-state index contributed by atoms with van der Waals surface area (Å²) >= 11 is 0. The van der Waals surface area contributed by atoms with Crippen molar-refractivity contribution in [3.8, 4) is 0 Å². The molecule has 1 rings (SSSR count). The van der Waals surface area contributed by atoms with E-state index in [1.54, 1.807) is 0 Å². The van der Waals surface area contributed by atoms with Crippen molar-refractivity contribution < 1.29 is 60.0 Å². The zero-order chi connectivity index (χ0) is 19.6. The molecule has 1 aliphatic heterocycles. The van der Waals surface area contributed by atoms with Gasteiger partial charge in [0.1, 0.15) is 0 Å². The largest absolute Gasteiger partial charge is 0.513 e. The molecule has 0 aliphatic carbocycles. The minimum Gasteiger partial charge on any atom is -0.209 e. The number of sulfonamides is 4. The van der Waals surface area contributed by atoms with Gasteiger partial charge < -0.3 is 0 Å². The Labute approximate surface area is 130 Å². The predicted octanol–water partition coefficient (Wildman–Crippen LogP) is -1.66. The summed E-state index contributed by atoms with van der Waals surface area (Å²) < 4.78 is 160. The lowest BCUT2D eigenvalue weighted by Crippen LogP contribution is -2.67. The molecule has 0 atom stereocenters. The molecular weight excluding hydrogens is 448 g/mol. The average molecular weight is 451 g/mol. The van der Waals surface area contributed by atoms with E-state index in [2.05, 4.69) is 0 Å². The van der Waals surface area contributed by atoms with Gasteiger partial charge in [0.2, 0.25) is 0 Å². The van der Waals surface area contributed by atoms with E-state index < -0.39 is 63.8 Å². The molecule has 21 heteroatoms. The van der Waals surface area contributed by atoms with E-state index in [9.17, 15) is 60.0 Å². The second-order valence-corrected chi connectivity index (χ2v) is 11.8. The molecule has 1 fully saturated rings. The van der Waals surface area contributed by atoms with E-state index in [-0.39, 0.29) is 5.53 Å². The van der Waals surface area contributed by atoms with Crippen molar-refractivity contribution >= 4 is 40.1 Å². The fraction of sp³-hybridized carbons (Fsp3) is 1.00. The van der Waals surface area contributed by atoms with Crippen molar-refractivity contribution in [3.05, 3.63) is 0 Å². The van der Waals surface area contributed by atoms with Crippen molar-refractivity contribution in [2.75, 3.05) is 5.08 Å². The van der Waals surface area contributed by atoms with Crippen molar-refractivity contribution in [2.24, 2.45) is 0 Å². The summed E-state index contributed by atoms with van der Waals surface area (Å²) in [5.74, 6) is 0. The standard InChI is InChI=1S/C3H3F6N3O8S4/c4-2(5,6)23(17,18)11-10-12(24(19,20)3(7,8)9)22(15,16)1-21(11,13)14/h10H,1H2. The number of hydrogen-bond donors (Lipinski definition) is 1. The maximum absolute atomic E-state index is 12.3. The van der Waals surface area contributed by atoms with Crippen LogP contribution in [0.5, 0.6) is 0 Å². The highest BCUT2D eigenvalue weighted by atomic mass is 32.3. The van der Waals surface area contributed by atoms with E-state index >= 15 is 0 Å². The Morgan fingerprint density at radius 2 is 0.958 bits per heavy atom. The molecule has 1 N–H and O–H groups in total. The number of hydrazine groups is 2. The van der Waals surface area contributed by atoms with Crippen molar-refractivity contribution in [2.45, 2.75) is 11.0 Å². The van der Waals surface area contributed by atoms with Crippen molar-refractivity contribution in [3.63, 3.8) is 0 Å². The Morgan fingerprint density at radius 1 is 0.708 bits per heavy atom. The summed E-state index contributed by atoms with van der Waals surface area (Å²) in [4.78, 5) is 0. The predicted molar refractivity (Wildman–Crippen MR) is 59.5 cm³/mol. The molecule has 0 aromatic heterocycles. The quantitative estimate of drug-likeness (QED) is 0.486. The van der Waals surface area contributed by atoms with E-state index in [1.807, 2.05) is 0 Å². The summed E-state index contributed by atoms with van der Waals surface area (Å²) in [6, 6.07) is 0. The first-order chi connectivity index (χ1) is 10.2. The van der Waals surface area contributed by atoms with Crippen LogP contribution < -0.4 is 5.53 Å². The molecule has 1 saturated heterocycles. The van der Waals surface area contributed by atoms with Crippen LogP contribution in [0.25, 0.3) is 0 Å². The molecule has 0 aromatic carbocycles. The van der Waals surface area contributed by atoms with E-state index in [4.69, 9.17) is 0 Å². The Morgan fingerprint density at radius 3 is 1.17 bits per heavy atom. The van der Waals surface area contributed by atoms with Crippen molar-refractivity contribution in [1.29, 1.82) is 0 Å². The fourth-order valence-electron chi connectivity index (χ4n) is 1.07. The highest BCUT2D eigenvalue weighted by Crippen LogP contribution is 2.34. The fourth-order valence-corrected chi connectivity index (χ4v) is 8.39. The Kier molecular flexibility index (Phi) is 4.77. The van der Waals surface area contributed by atoms with Gasteiger partial charge in [0.25, 0.3) is 20.0 Å². The zero-order valence-electron chi connectivity index (χ0n) is 10.3. The second-order valence-electron chi connectivity index (χ2n) is 3.74. The number of rotatable bonds is 2. The van der Waals surface area contributed by atoms with E-state index in [1.165, 1.54) is 0 Å². The highest BCUT2D eigenvalue weighted by molar-refractivity contribution is 8.15. The molecule has 0 amide bonds. The van der Waals surface area contributed by atoms with Crippen molar-refractivity contribution in [1.82, 2.24) is 13.2 Å². The molecule has 11 nitrogen and oxygen atoms in total. The van der Waals surface area contributed by atoms with Gasteiger partial charge in [-0.05, 0) is 7.64 Å². The van der Waals surface area contributed by atoms with Crippen LogP contribution in [0.4, 0.5) is 26.3 Å². The van der Waals surface area contributed by atoms with Crippen LogP contribution >= 0.6 is 0 Å². The Bertz CT molecular complexity index is 864. The lowest BCUT2D eigenvalue weighted by Gasteiger charge is -2.33. The lowest BCUT2D eigenvalue weighted by molar-refractivity contribution is -0.0516. The van der Waals surface area contributed by atoms with Gasteiger partial charge in [-0.25, -0.2) is 33.7 Å². The summed E-state index contributed by atoms with van der Waals surface area (Å²) in [7, 11) is -25.9. The molecule has 0 spiro atoms. The SMILES string of the molecule is O=S1(=O)CS(=O)(=O)N(S(=O)(=O)C(F)(F)F)NN1S(=O)(=O)C(F)(F)F. The molecule has 0 radical (unpaired) electrons. The Hall–Kier alpha value is -0.740. The highest BCUT2D eigenvalue weighted by Gasteiger charge is 2.63. The van der Waals surface area contributed by atoms with Gasteiger partial charge in [-0.15, -0.1) is 5.53 Å². The van der Waals surface area contributed by atoms with Gasteiger partial charge in [0.05, 0.1) is 0 Å². The number of nitrogens with zero attached hydrogens (tertiary/aromatic N) is 2. The smallest absolute Gasteiger partial charge is 0.209 e.